The van der Waals surface area contributed by atoms with Crippen molar-refractivity contribution in [3.63, 3.8) is 0 Å². The van der Waals surface area contributed by atoms with Crippen LogP contribution in [0.3, 0.4) is 0 Å². The molecule has 0 unspecified atom stereocenters. The number of nitrogens with zero attached hydrogens (tertiary/aromatic N) is 1. The van der Waals surface area contributed by atoms with Gasteiger partial charge in [0.1, 0.15) is 5.75 Å². The van der Waals surface area contributed by atoms with Crippen LogP contribution in [0.2, 0.25) is 0 Å². The van der Waals surface area contributed by atoms with Gasteiger partial charge in [0.2, 0.25) is 0 Å². The fraction of sp³-hybridized carbons (Fsp3) is 0.500. The molecule has 1 aromatic rings. The van der Waals surface area contributed by atoms with Gasteiger partial charge in [0, 0.05) is 18.2 Å². The van der Waals surface area contributed by atoms with Gasteiger partial charge >= 0.3 is 0 Å². The second kappa shape index (κ2) is 5.67. The molecule has 1 aliphatic rings. The SMILES string of the molecule is NC1CCC(Oc2ccc([N+](=O)[O-])cc2Br)CC1. The summed E-state index contributed by atoms with van der Waals surface area (Å²) < 4.78 is 6.46. The van der Waals surface area contributed by atoms with E-state index in [0.29, 0.717) is 10.2 Å². The first kappa shape index (κ1) is 13.3. The minimum Gasteiger partial charge on any atom is -0.489 e. The van der Waals surface area contributed by atoms with Gasteiger partial charge in [-0.25, -0.2) is 0 Å². The van der Waals surface area contributed by atoms with Crippen LogP contribution < -0.4 is 10.5 Å². The normalized spacial score (nSPS) is 23.7. The number of benzene rings is 1. The van der Waals surface area contributed by atoms with Crippen LogP contribution >= 0.6 is 15.9 Å². The second-order valence-electron chi connectivity index (χ2n) is 4.53. The summed E-state index contributed by atoms with van der Waals surface area (Å²) in [5.41, 5.74) is 5.89. The van der Waals surface area contributed by atoms with E-state index in [2.05, 4.69) is 15.9 Å². The van der Waals surface area contributed by atoms with Crippen molar-refractivity contribution in [3.05, 3.63) is 32.8 Å². The Labute approximate surface area is 114 Å². The fourth-order valence-corrected chi connectivity index (χ4v) is 2.55. The molecule has 2 N–H and O–H groups in total. The Morgan fingerprint density at radius 3 is 2.56 bits per heavy atom. The molecule has 98 valence electrons. The molecule has 0 amide bonds. The minimum absolute atomic E-state index is 0.0555. The van der Waals surface area contributed by atoms with E-state index in [1.165, 1.54) is 12.1 Å². The van der Waals surface area contributed by atoms with Crippen LogP contribution in [-0.4, -0.2) is 17.1 Å². The first-order valence-corrected chi connectivity index (χ1v) is 6.71. The molecule has 1 fully saturated rings. The molecule has 0 radical (unpaired) electrons. The summed E-state index contributed by atoms with van der Waals surface area (Å²) in [7, 11) is 0. The standard InChI is InChI=1S/C12H15BrN2O3/c13-11-7-9(15(16)17)3-6-12(11)18-10-4-1-8(14)2-5-10/h3,6-8,10H,1-2,4-5,14H2. The van der Waals surface area contributed by atoms with Crippen LogP contribution in [0.4, 0.5) is 5.69 Å². The number of nitro groups is 1. The minimum atomic E-state index is -0.422. The highest BCUT2D eigenvalue weighted by molar-refractivity contribution is 9.10. The summed E-state index contributed by atoms with van der Waals surface area (Å²) in [6.45, 7) is 0. The summed E-state index contributed by atoms with van der Waals surface area (Å²) >= 11 is 3.30. The van der Waals surface area contributed by atoms with E-state index in [4.69, 9.17) is 10.5 Å². The van der Waals surface area contributed by atoms with E-state index in [1.54, 1.807) is 6.07 Å². The quantitative estimate of drug-likeness (QED) is 0.687. The second-order valence-corrected chi connectivity index (χ2v) is 5.38. The van der Waals surface area contributed by atoms with E-state index in [0.717, 1.165) is 25.7 Å². The van der Waals surface area contributed by atoms with Crippen molar-refractivity contribution >= 4 is 21.6 Å². The lowest BCUT2D eigenvalue weighted by molar-refractivity contribution is -0.385. The van der Waals surface area contributed by atoms with Crippen LogP contribution in [-0.2, 0) is 0 Å². The number of hydrogen-bond acceptors (Lipinski definition) is 4. The maximum absolute atomic E-state index is 10.6. The Balaban J connectivity index is 2.03. The van der Waals surface area contributed by atoms with Crippen LogP contribution in [0.15, 0.2) is 22.7 Å². The Morgan fingerprint density at radius 2 is 2.00 bits per heavy atom. The van der Waals surface area contributed by atoms with Crippen molar-refractivity contribution in [1.29, 1.82) is 0 Å². The summed E-state index contributed by atoms with van der Waals surface area (Å²) in [6, 6.07) is 4.83. The Hall–Kier alpha value is -1.14. The first-order valence-electron chi connectivity index (χ1n) is 5.92. The molecular weight excluding hydrogens is 300 g/mol. The molecule has 0 spiro atoms. The van der Waals surface area contributed by atoms with Crippen LogP contribution in [0.25, 0.3) is 0 Å². The topological polar surface area (TPSA) is 78.4 Å². The molecule has 1 aliphatic carbocycles. The van der Waals surface area contributed by atoms with Gasteiger partial charge in [-0.05, 0) is 47.7 Å². The molecule has 0 saturated heterocycles. The van der Waals surface area contributed by atoms with Crippen LogP contribution in [0.1, 0.15) is 25.7 Å². The lowest BCUT2D eigenvalue weighted by Crippen LogP contribution is -2.31. The monoisotopic (exact) mass is 314 g/mol. The number of hydrogen-bond donors (Lipinski definition) is 1. The van der Waals surface area contributed by atoms with Gasteiger partial charge in [-0.1, -0.05) is 0 Å². The molecule has 1 aromatic carbocycles. The van der Waals surface area contributed by atoms with Gasteiger partial charge in [-0.2, -0.15) is 0 Å². The van der Waals surface area contributed by atoms with Crippen molar-refractivity contribution in [2.45, 2.75) is 37.8 Å². The highest BCUT2D eigenvalue weighted by Crippen LogP contribution is 2.32. The average molecular weight is 315 g/mol. The molecule has 0 aliphatic heterocycles. The van der Waals surface area contributed by atoms with Gasteiger partial charge in [-0.15, -0.1) is 0 Å². The van der Waals surface area contributed by atoms with Gasteiger partial charge in [0.15, 0.2) is 0 Å². The summed E-state index contributed by atoms with van der Waals surface area (Å²) in [4.78, 5) is 10.2. The molecule has 0 aromatic heterocycles. The van der Waals surface area contributed by atoms with Crippen LogP contribution in [0.5, 0.6) is 5.75 Å². The molecule has 2 rings (SSSR count). The van der Waals surface area contributed by atoms with E-state index in [9.17, 15) is 10.1 Å². The highest BCUT2D eigenvalue weighted by atomic mass is 79.9. The molecule has 18 heavy (non-hydrogen) atoms. The van der Waals surface area contributed by atoms with Crippen molar-refractivity contribution in [2.24, 2.45) is 5.73 Å². The predicted molar refractivity (Wildman–Crippen MR) is 71.7 cm³/mol. The number of ether oxygens (including phenoxy) is 1. The summed E-state index contributed by atoms with van der Waals surface area (Å²) in [5.74, 6) is 0.654. The third-order valence-electron chi connectivity index (χ3n) is 3.14. The third kappa shape index (κ3) is 3.20. The zero-order valence-electron chi connectivity index (χ0n) is 9.84. The van der Waals surface area contributed by atoms with E-state index in [1.807, 2.05) is 0 Å². The molecule has 0 heterocycles. The molecular formula is C12H15BrN2O3. The van der Waals surface area contributed by atoms with Gasteiger partial charge in [0.05, 0.1) is 15.5 Å². The predicted octanol–water partition coefficient (Wildman–Crippen LogP) is 3.01. The molecule has 6 heteroatoms. The smallest absolute Gasteiger partial charge is 0.270 e. The third-order valence-corrected chi connectivity index (χ3v) is 3.76. The van der Waals surface area contributed by atoms with Crippen molar-refractivity contribution in [2.75, 3.05) is 0 Å². The van der Waals surface area contributed by atoms with Crippen molar-refractivity contribution < 1.29 is 9.66 Å². The van der Waals surface area contributed by atoms with E-state index in [-0.39, 0.29) is 17.8 Å². The Kier molecular flexibility index (Phi) is 4.19. The van der Waals surface area contributed by atoms with Crippen molar-refractivity contribution in [1.82, 2.24) is 0 Å². The highest BCUT2D eigenvalue weighted by Gasteiger charge is 2.21. The van der Waals surface area contributed by atoms with Gasteiger partial charge in [0.25, 0.3) is 5.69 Å². The maximum atomic E-state index is 10.6. The van der Waals surface area contributed by atoms with E-state index >= 15 is 0 Å². The molecule has 5 nitrogen and oxygen atoms in total. The lowest BCUT2D eigenvalue weighted by Gasteiger charge is -2.27. The largest absolute Gasteiger partial charge is 0.489 e. The molecule has 0 bridgehead atoms. The maximum Gasteiger partial charge on any atom is 0.270 e. The molecule has 1 saturated carbocycles. The fourth-order valence-electron chi connectivity index (χ4n) is 2.08. The van der Waals surface area contributed by atoms with Crippen molar-refractivity contribution in [3.8, 4) is 5.75 Å². The van der Waals surface area contributed by atoms with Crippen LogP contribution in [0, 0.1) is 10.1 Å². The number of rotatable bonds is 3. The molecule has 0 atom stereocenters. The summed E-state index contributed by atoms with van der Waals surface area (Å²) in [5, 5.41) is 10.6. The number of halogens is 1. The Morgan fingerprint density at radius 1 is 1.33 bits per heavy atom. The van der Waals surface area contributed by atoms with E-state index < -0.39 is 4.92 Å². The zero-order chi connectivity index (χ0) is 13.1. The average Bonchev–Trinajstić information content (AvgIpc) is 2.34. The van der Waals surface area contributed by atoms with Gasteiger partial charge in [-0.3, -0.25) is 10.1 Å². The first-order chi connectivity index (χ1) is 8.56. The Bertz CT molecular complexity index is 445. The summed E-state index contributed by atoms with van der Waals surface area (Å²) in [6.07, 6.45) is 3.96. The number of nitrogens with two attached hydrogens (primary N) is 1. The number of nitro benzene ring substituents is 1. The number of non-ortho nitro benzene ring substituents is 1. The zero-order valence-corrected chi connectivity index (χ0v) is 11.4. The lowest BCUT2D eigenvalue weighted by atomic mass is 9.94. The van der Waals surface area contributed by atoms with Gasteiger partial charge < -0.3 is 10.5 Å².